The SMILES string of the molecule is CCCCC[C@H](NC(C)=O)[C@@H]1[C@H](O)[C@@H](C(=O)O)C[C@H]1N=C(N)N. The summed E-state index contributed by atoms with van der Waals surface area (Å²) in [6, 6.07) is -0.874. The second-order valence-corrected chi connectivity index (χ2v) is 6.17. The van der Waals surface area contributed by atoms with Crippen molar-refractivity contribution in [3.63, 3.8) is 0 Å². The first-order chi connectivity index (χ1) is 10.8. The molecule has 1 amide bonds. The number of aliphatic carboxylic acids is 1. The molecule has 1 rings (SSSR count). The zero-order chi connectivity index (χ0) is 17.6. The van der Waals surface area contributed by atoms with E-state index in [0.29, 0.717) is 6.42 Å². The van der Waals surface area contributed by atoms with Gasteiger partial charge in [-0.2, -0.15) is 0 Å². The number of nitrogens with two attached hydrogens (primary N) is 2. The Morgan fingerprint density at radius 1 is 1.35 bits per heavy atom. The summed E-state index contributed by atoms with van der Waals surface area (Å²) in [7, 11) is 0. The lowest BCUT2D eigenvalue weighted by atomic mass is 9.88. The Morgan fingerprint density at radius 3 is 2.48 bits per heavy atom. The van der Waals surface area contributed by atoms with Crippen LogP contribution in [0.15, 0.2) is 4.99 Å². The molecule has 8 heteroatoms. The number of nitrogens with zero attached hydrogens (tertiary/aromatic N) is 1. The van der Waals surface area contributed by atoms with Gasteiger partial charge >= 0.3 is 5.97 Å². The molecule has 132 valence electrons. The maximum atomic E-state index is 11.5. The largest absolute Gasteiger partial charge is 0.481 e. The predicted molar refractivity (Wildman–Crippen MR) is 86.6 cm³/mol. The van der Waals surface area contributed by atoms with Crippen molar-refractivity contribution in [2.24, 2.45) is 28.3 Å². The van der Waals surface area contributed by atoms with Gasteiger partial charge in [0.1, 0.15) is 0 Å². The van der Waals surface area contributed by atoms with Crippen molar-refractivity contribution in [3.8, 4) is 0 Å². The number of aliphatic hydroxyl groups excluding tert-OH is 1. The number of carbonyl (C=O) groups excluding carboxylic acids is 1. The smallest absolute Gasteiger partial charge is 0.309 e. The Balaban J connectivity index is 3.02. The highest BCUT2D eigenvalue weighted by Crippen LogP contribution is 2.37. The van der Waals surface area contributed by atoms with Gasteiger partial charge < -0.3 is 27.0 Å². The lowest BCUT2D eigenvalue weighted by molar-refractivity contribution is -0.145. The predicted octanol–water partition coefficient (Wildman–Crippen LogP) is -0.205. The summed E-state index contributed by atoms with van der Waals surface area (Å²) in [4.78, 5) is 26.9. The van der Waals surface area contributed by atoms with E-state index in [0.717, 1.165) is 19.3 Å². The molecular formula is C15H28N4O4. The van der Waals surface area contributed by atoms with Gasteiger partial charge in [0.05, 0.1) is 18.1 Å². The van der Waals surface area contributed by atoms with Crippen LogP contribution in [0.2, 0.25) is 0 Å². The Bertz CT molecular complexity index is 451. The van der Waals surface area contributed by atoms with Gasteiger partial charge in [0.25, 0.3) is 0 Å². The number of aliphatic imine (C=N–C) groups is 1. The van der Waals surface area contributed by atoms with Gasteiger partial charge in [0.2, 0.25) is 5.91 Å². The molecule has 0 aromatic heterocycles. The van der Waals surface area contributed by atoms with Crippen LogP contribution in [0.3, 0.4) is 0 Å². The van der Waals surface area contributed by atoms with Crippen LogP contribution in [0, 0.1) is 11.8 Å². The maximum Gasteiger partial charge on any atom is 0.309 e. The Hall–Kier alpha value is -1.83. The fraction of sp³-hybridized carbons (Fsp3) is 0.800. The molecule has 5 atom stereocenters. The van der Waals surface area contributed by atoms with E-state index in [9.17, 15) is 19.8 Å². The topological polar surface area (TPSA) is 151 Å². The quantitative estimate of drug-likeness (QED) is 0.236. The van der Waals surface area contributed by atoms with E-state index in [1.165, 1.54) is 6.92 Å². The lowest BCUT2D eigenvalue weighted by Crippen LogP contribution is -2.47. The number of unbranched alkanes of at least 4 members (excludes halogenated alkanes) is 2. The summed E-state index contributed by atoms with van der Waals surface area (Å²) < 4.78 is 0. The van der Waals surface area contributed by atoms with E-state index in [4.69, 9.17) is 11.5 Å². The third kappa shape index (κ3) is 5.38. The normalized spacial score (nSPS) is 28.1. The van der Waals surface area contributed by atoms with Crippen molar-refractivity contribution in [3.05, 3.63) is 0 Å². The Labute approximate surface area is 136 Å². The van der Waals surface area contributed by atoms with Crippen molar-refractivity contribution in [2.45, 2.75) is 64.1 Å². The highest BCUT2D eigenvalue weighted by Gasteiger charge is 2.49. The van der Waals surface area contributed by atoms with Gasteiger partial charge in [-0.15, -0.1) is 0 Å². The number of rotatable bonds is 8. The van der Waals surface area contributed by atoms with Gasteiger partial charge in [0, 0.05) is 18.9 Å². The number of hydrogen-bond donors (Lipinski definition) is 5. The second kappa shape index (κ2) is 8.71. The number of amides is 1. The molecule has 1 saturated carbocycles. The highest BCUT2D eigenvalue weighted by atomic mass is 16.4. The number of carbonyl (C=O) groups is 2. The number of guanidine groups is 1. The van der Waals surface area contributed by atoms with Gasteiger partial charge in [-0.25, -0.2) is 4.99 Å². The van der Waals surface area contributed by atoms with Gasteiger partial charge in [-0.1, -0.05) is 26.2 Å². The van der Waals surface area contributed by atoms with E-state index in [-0.39, 0.29) is 24.3 Å². The minimum Gasteiger partial charge on any atom is -0.481 e. The van der Waals surface area contributed by atoms with Crippen LogP contribution in [-0.4, -0.2) is 46.2 Å². The van der Waals surface area contributed by atoms with Crippen molar-refractivity contribution >= 4 is 17.8 Å². The van der Waals surface area contributed by atoms with E-state index >= 15 is 0 Å². The van der Waals surface area contributed by atoms with Crippen LogP contribution in [0.4, 0.5) is 0 Å². The minimum atomic E-state index is -1.10. The fourth-order valence-electron chi connectivity index (χ4n) is 3.37. The average Bonchev–Trinajstić information content (AvgIpc) is 2.73. The zero-order valence-electron chi connectivity index (χ0n) is 13.7. The van der Waals surface area contributed by atoms with Gasteiger partial charge in [0.15, 0.2) is 5.96 Å². The molecule has 8 nitrogen and oxygen atoms in total. The van der Waals surface area contributed by atoms with Crippen molar-refractivity contribution in [1.29, 1.82) is 0 Å². The van der Waals surface area contributed by atoms with Crippen LogP contribution in [0.1, 0.15) is 46.0 Å². The van der Waals surface area contributed by atoms with Crippen LogP contribution in [0.25, 0.3) is 0 Å². The van der Waals surface area contributed by atoms with Crippen molar-refractivity contribution in [2.75, 3.05) is 0 Å². The van der Waals surface area contributed by atoms with Crippen LogP contribution < -0.4 is 16.8 Å². The molecule has 1 aliphatic carbocycles. The third-order valence-corrected chi connectivity index (χ3v) is 4.35. The molecular weight excluding hydrogens is 300 g/mol. The Kier molecular flexibility index (Phi) is 7.28. The monoisotopic (exact) mass is 328 g/mol. The average molecular weight is 328 g/mol. The summed E-state index contributed by atoms with van der Waals surface area (Å²) in [5, 5.41) is 22.6. The fourth-order valence-corrected chi connectivity index (χ4v) is 3.37. The number of carboxylic acid groups (broad SMARTS) is 1. The molecule has 0 aliphatic heterocycles. The van der Waals surface area contributed by atoms with E-state index in [1.807, 2.05) is 0 Å². The van der Waals surface area contributed by atoms with E-state index < -0.39 is 30.0 Å². The maximum absolute atomic E-state index is 11.5. The summed E-state index contributed by atoms with van der Waals surface area (Å²) in [6.07, 6.45) is 2.60. The zero-order valence-corrected chi connectivity index (χ0v) is 13.7. The van der Waals surface area contributed by atoms with E-state index in [2.05, 4.69) is 17.2 Å². The van der Waals surface area contributed by atoms with E-state index in [1.54, 1.807) is 0 Å². The minimum absolute atomic E-state index is 0.145. The first kappa shape index (κ1) is 19.2. The molecule has 0 aromatic carbocycles. The number of nitrogens with one attached hydrogen (secondary N) is 1. The molecule has 0 heterocycles. The summed E-state index contributed by atoms with van der Waals surface area (Å²) in [5.74, 6) is -2.89. The summed E-state index contributed by atoms with van der Waals surface area (Å²) >= 11 is 0. The van der Waals surface area contributed by atoms with Crippen LogP contribution in [0.5, 0.6) is 0 Å². The molecule has 23 heavy (non-hydrogen) atoms. The summed E-state index contributed by atoms with van der Waals surface area (Å²) in [5.41, 5.74) is 10.9. The lowest BCUT2D eigenvalue weighted by Gasteiger charge is -2.30. The molecule has 0 unspecified atom stereocenters. The number of carboxylic acids is 1. The van der Waals surface area contributed by atoms with Crippen molar-refractivity contribution in [1.82, 2.24) is 5.32 Å². The highest BCUT2D eigenvalue weighted by molar-refractivity contribution is 5.76. The second-order valence-electron chi connectivity index (χ2n) is 6.17. The van der Waals surface area contributed by atoms with Crippen LogP contribution in [-0.2, 0) is 9.59 Å². The molecule has 1 fully saturated rings. The number of hydrogen-bond acceptors (Lipinski definition) is 4. The van der Waals surface area contributed by atoms with Gasteiger partial charge in [-0.3, -0.25) is 9.59 Å². The molecule has 0 radical (unpaired) electrons. The molecule has 0 bridgehead atoms. The number of aliphatic hydroxyl groups is 1. The third-order valence-electron chi connectivity index (χ3n) is 4.35. The first-order valence-corrected chi connectivity index (χ1v) is 8.04. The van der Waals surface area contributed by atoms with Gasteiger partial charge in [-0.05, 0) is 12.8 Å². The molecule has 1 aliphatic rings. The van der Waals surface area contributed by atoms with Crippen LogP contribution >= 0.6 is 0 Å². The first-order valence-electron chi connectivity index (χ1n) is 8.04. The molecule has 0 saturated heterocycles. The standard InChI is InChI=1S/C15H28N4O4/c1-3-4-5-6-10(18-8(2)20)12-11(19-15(16)17)7-9(13(12)21)14(22)23/h9-13,21H,3-7H2,1-2H3,(H,18,20)(H,22,23)(H4,16,17,19)/t9-,10-,11+,12-,13+/m0/s1. The molecule has 7 N–H and O–H groups in total. The molecule has 0 spiro atoms. The Morgan fingerprint density at radius 2 is 2.00 bits per heavy atom. The molecule has 0 aromatic rings. The summed E-state index contributed by atoms with van der Waals surface area (Å²) in [6.45, 7) is 3.47. The van der Waals surface area contributed by atoms with Crippen molar-refractivity contribution < 1.29 is 19.8 Å².